The lowest BCUT2D eigenvalue weighted by Gasteiger charge is -2.18. The topological polar surface area (TPSA) is 105 Å². The molecule has 8 nitrogen and oxygen atoms in total. The molecule has 3 heterocycles. The molecule has 13 heteroatoms. The Kier molecular flexibility index (Phi) is 7.14. The van der Waals surface area contributed by atoms with Crippen molar-refractivity contribution in [3.63, 3.8) is 0 Å². The molecule has 1 aliphatic heterocycles. The molecule has 0 aromatic carbocycles. The van der Waals surface area contributed by atoms with Gasteiger partial charge in [-0.2, -0.15) is 8.78 Å². The molecule has 0 fully saturated rings. The molecule has 0 atom stereocenters. The summed E-state index contributed by atoms with van der Waals surface area (Å²) in [6.07, 6.45) is -1.35. The maximum Gasteiger partial charge on any atom is 0.340 e. The molecule has 0 radical (unpaired) electrons. The predicted octanol–water partition coefficient (Wildman–Crippen LogP) is 2.29. The van der Waals surface area contributed by atoms with E-state index >= 15 is 0 Å². The van der Waals surface area contributed by atoms with Gasteiger partial charge in [0.1, 0.15) is 10.7 Å². The highest BCUT2D eigenvalue weighted by molar-refractivity contribution is 6.31. The van der Waals surface area contributed by atoms with E-state index in [1.807, 2.05) is 0 Å². The number of alkyl halides is 4. The average Bonchev–Trinajstić information content (AvgIpc) is 3.06. The maximum atomic E-state index is 13.0. The van der Waals surface area contributed by atoms with E-state index in [9.17, 15) is 27.2 Å². The molecule has 0 unspecified atom stereocenters. The smallest absolute Gasteiger partial charge is 0.340 e. The van der Waals surface area contributed by atoms with Gasteiger partial charge in [0, 0.05) is 43.2 Å². The summed E-state index contributed by atoms with van der Waals surface area (Å²) >= 11 is 5.96. The van der Waals surface area contributed by atoms with E-state index in [0.717, 1.165) is 0 Å². The number of carbonyl (C=O) groups excluding carboxylic acids is 2. The number of hydrogen-bond donors (Lipinski definition) is 2. The Hall–Kier alpha value is -2.99. The van der Waals surface area contributed by atoms with Crippen molar-refractivity contribution in [1.29, 1.82) is 0 Å². The number of nitrogens with zero attached hydrogens (tertiary/aromatic N) is 3. The quantitative estimate of drug-likeness (QED) is 0.538. The van der Waals surface area contributed by atoms with Crippen LogP contribution in [0.15, 0.2) is 24.5 Å². The first-order chi connectivity index (χ1) is 15.1. The van der Waals surface area contributed by atoms with Crippen LogP contribution in [0.5, 0.6) is 5.88 Å². The molecule has 0 saturated carbocycles. The van der Waals surface area contributed by atoms with Gasteiger partial charge in [0.05, 0.1) is 6.61 Å². The Morgan fingerprint density at radius 1 is 1.38 bits per heavy atom. The molecule has 32 heavy (non-hydrogen) atoms. The van der Waals surface area contributed by atoms with Crippen molar-refractivity contribution in [3.8, 4) is 5.88 Å². The van der Waals surface area contributed by atoms with Crippen LogP contribution in [0.1, 0.15) is 32.0 Å². The second kappa shape index (κ2) is 9.65. The Balaban J connectivity index is 1.71. The summed E-state index contributed by atoms with van der Waals surface area (Å²) in [6, 6.07) is 2.79. The SMILES string of the molecule is O=C(NCCO)c1nccc2c1CN(Cc1cnc(OCC(F)(F)C(F)F)c(Cl)c1)C2=O. The largest absolute Gasteiger partial charge is 0.470 e. The van der Waals surface area contributed by atoms with Gasteiger partial charge in [-0.25, -0.2) is 13.8 Å². The first-order valence-corrected chi connectivity index (χ1v) is 9.61. The number of halogens is 5. The van der Waals surface area contributed by atoms with Crippen molar-refractivity contribution in [2.45, 2.75) is 25.4 Å². The van der Waals surface area contributed by atoms with E-state index in [4.69, 9.17) is 16.7 Å². The number of pyridine rings is 2. The minimum Gasteiger partial charge on any atom is -0.470 e. The van der Waals surface area contributed by atoms with E-state index in [-0.39, 0.29) is 42.9 Å². The van der Waals surface area contributed by atoms with Gasteiger partial charge in [-0.15, -0.1) is 0 Å². The van der Waals surface area contributed by atoms with Crippen LogP contribution in [-0.4, -0.2) is 63.9 Å². The first-order valence-electron chi connectivity index (χ1n) is 9.23. The fraction of sp³-hybridized carbons (Fsp3) is 0.368. The number of ether oxygens (including phenoxy) is 1. The van der Waals surface area contributed by atoms with Crippen LogP contribution in [0, 0.1) is 0 Å². The number of aliphatic hydroxyl groups is 1. The van der Waals surface area contributed by atoms with Crippen molar-refractivity contribution in [1.82, 2.24) is 20.2 Å². The number of hydrogen-bond acceptors (Lipinski definition) is 6. The molecule has 2 amide bonds. The van der Waals surface area contributed by atoms with Gasteiger partial charge in [0.2, 0.25) is 5.88 Å². The Labute approximate surface area is 184 Å². The summed E-state index contributed by atoms with van der Waals surface area (Å²) in [7, 11) is 0. The van der Waals surface area contributed by atoms with Gasteiger partial charge < -0.3 is 20.1 Å². The van der Waals surface area contributed by atoms with Crippen LogP contribution < -0.4 is 10.1 Å². The van der Waals surface area contributed by atoms with Crippen molar-refractivity contribution < 1.29 is 37.0 Å². The van der Waals surface area contributed by atoms with E-state index in [2.05, 4.69) is 20.0 Å². The molecule has 0 saturated heterocycles. The van der Waals surface area contributed by atoms with Crippen molar-refractivity contribution in [3.05, 3.63) is 51.9 Å². The molecule has 2 aromatic heterocycles. The molecular formula is C19H17ClF4N4O4. The highest BCUT2D eigenvalue weighted by atomic mass is 35.5. The summed E-state index contributed by atoms with van der Waals surface area (Å²) in [4.78, 5) is 34.1. The lowest BCUT2D eigenvalue weighted by molar-refractivity contribution is -0.148. The van der Waals surface area contributed by atoms with Crippen LogP contribution >= 0.6 is 11.6 Å². The van der Waals surface area contributed by atoms with Gasteiger partial charge in [-0.1, -0.05) is 11.6 Å². The zero-order valence-electron chi connectivity index (χ0n) is 16.3. The second-order valence-corrected chi connectivity index (χ2v) is 7.21. The van der Waals surface area contributed by atoms with Gasteiger partial charge in [-0.05, 0) is 17.7 Å². The third-order valence-electron chi connectivity index (χ3n) is 4.49. The zero-order valence-corrected chi connectivity index (χ0v) is 17.1. The monoisotopic (exact) mass is 476 g/mol. The zero-order chi connectivity index (χ0) is 23.5. The average molecular weight is 477 g/mol. The van der Waals surface area contributed by atoms with Gasteiger partial charge in [0.25, 0.3) is 11.8 Å². The second-order valence-electron chi connectivity index (χ2n) is 6.81. The molecule has 0 aliphatic carbocycles. The molecular weight excluding hydrogens is 460 g/mol. The number of aromatic nitrogens is 2. The van der Waals surface area contributed by atoms with Crippen molar-refractivity contribution in [2.24, 2.45) is 0 Å². The van der Waals surface area contributed by atoms with E-state index in [1.54, 1.807) is 0 Å². The van der Waals surface area contributed by atoms with Gasteiger partial charge in [-0.3, -0.25) is 14.6 Å². The molecule has 172 valence electrons. The summed E-state index contributed by atoms with van der Waals surface area (Å²) in [5.41, 5.74) is 1.19. The number of aliphatic hydroxyl groups excluding tert-OH is 1. The van der Waals surface area contributed by atoms with E-state index in [0.29, 0.717) is 16.7 Å². The van der Waals surface area contributed by atoms with Crippen LogP contribution in [-0.2, 0) is 13.1 Å². The van der Waals surface area contributed by atoms with Crippen LogP contribution in [0.3, 0.4) is 0 Å². The summed E-state index contributed by atoms with van der Waals surface area (Å²) in [6.45, 7) is -1.72. The van der Waals surface area contributed by atoms with Gasteiger partial charge >= 0.3 is 12.3 Å². The van der Waals surface area contributed by atoms with Crippen LogP contribution in [0.25, 0.3) is 0 Å². The Morgan fingerprint density at radius 3 is 2.78 bits per heavy atom. The van der Waals surface area contributed by atoms with Crippen LogP contribution in [0.2, 0.25) is 5.02 Å². The summed E-state index contributed by atoms with van der Waals surface area (Å²) in [5.74, 6) is -5.70. The Morgan fingerprint density at radius 2 is 2.12 bits per heavy atom. The fourth-order valence-corrected chi connectivity index (χ4v) is 3.21. The number of amides is 2. The molecule has 0 bridgehead atoms. The fourth-order valence-electron chi connectivity index (χ4n) is 2.97. The van der Waals surface area contributed by atoms with Crippen molar-refractivity contribution in [2.75, 3.05) is 19.8 Å². The third kappa shape index (κ3) is 5.07. The molecule has 2 aromatic rings. The van der Waals surface area contributed by atoms with Gasteiger partial charge in [0.15, 0.2) is 6.61 Å². The summed E-state index contributed by atoms with van der Waals surface area (Å²) in [5, 5.41) is 11.1. The Bertz CT molecular complexity index is 1020. The number of nitrogens with one attached hydrogen (secondary N) is 1. The maximum absolute atomic E-state index is 13.0. The molecule has 1 aliphatic rings. The minimum atomic E-state index is -4.35. The molecule has 3 rings (SSSR count). The number of carbonyl (C=O) groups is 2. The van der Waals surface area contributed by atoms with E-state index in [1.165, 1.54) is 29.4 Å². The number of fused-ring (bicyclic) bond motifs is 1. The van der Waals surface area contributed by atoms with Crippen molar-refractivity contribution >= 4 is 23.4 Å². The van der Waals surface area contributed by atoms with Crippen LogP contribution in [0.4, 0.5) is 17.6 Å². The summed E-state index contributed by atoms with van der Waals surface area (Å²) < 4.78 is 55.1. The minimum absolute atomic E-state index is 0.0193. The van der Waals surface area contributed by atoms with E-state index < -0.39 is 30.7 Å². The standard InChI is InChI=1S/C19H17ClF4N4O4/c20-13-5-10(6-27-16(13)32-9-19(23,24)18(21)22)7-28-8-12-11(17(28)31)1-2-25-14(12)15(30)26-3-4-29/h1-2,5-6,18,29H,3-4,7-9H2,(H,26,30). The lowest BCUT2D eigenvalue weighted by atomic mass is 10.1. The third-order valence-corrected chi connectivity index (χ3v) is 4.76. The lowest BCUT2D eigenvalue weighted by Crippen LogP contribution is -2.34. The molecule has 2 N–H and O–H groups in total. The highest BCUT2D eigenvalue weighted by Crippen LogP contribution is 2.30. The highest BCUT2D eigenvalue weighted by Gasteiger charge is 2.42. The first kappa shape index (κ1) is 23.7. The predicted molar refractivity (Wildman–Crippen MR) is 103 cm³/mol. The normalized spacial score (nSPS) is 13.5. The molecule has 0 spiro atoms. The number of rotatable bonds is 9.